The molecule has 2 amide bonds. The molecule has 0 aromatic heterocycles. The van der Waals surface area contributed by atoms with E-state index in [4.69, 9.17) is 0 Å². The summed E-state index contributed by atoms with van der Waals surface area (Å²) in [6.45, 7) is 1.63. The lowest BCUT2D eigenvalue weighted by atomic mass is 9.95. The Morgan fingerprint density at radius 3 is 2.22 bits per heavy atom. The van der Waals surface area contributed by atoms with E-state index < -0.39 is 16.7 Å². The first-order valence-corrected chi connectivity index (χ1v) is 8.17. The Bertz CT molecular complexity index is 1120. The fourth-order valence-corrected chi connectivity index (χ4v) is 3.15. The highest BCUT2D eigenvalue weighted by Crippen LogP contribution is 2.30. The van der Waals surface area contributed by atoms with Gasteiger partial charge in [0, 0.05) is 22.6 Å². The van der Waals surface area contributed by atoms with Crippen molar-refractivity contribution in [3.05, 3.63) is 87.0 Å². The van der Waals surface area contributed by atoms with Gasteiger partial charge in [-0.15, -0.1) is 0 Å². The second kappa shape index (κ2) is 6.14. The van der Waals surface area contributed by atoms with Gasteiger partial charge in [-0.3, -0.25) is 19.7 Å². The van der Waals surface area contributed by atoms with Gasteiger partial charge in [-0.1, -0.05) is 36.4 Å². The van der Waals surface area contributed by atoms with E-state index >= 15 is 0 Å². The number of carbonyl (C=O) groups is 2. The summed E-state index contributed by atoms with van der Waals surface area (Å²) < 4.78 is 0. The van der Waals surface area contributed by atoms with Crippen LogP contribution in [0.3, 0.4) is 0 Å². The number of hydrazone groups is 1. The van der Waals surface area contributed by atoms with Crippen molar-refractivity contribution >= 4 is 34.5 Å². The average molecular weight is 359 g/mol. The third kappa shape index (κ3) is 2.65. The van der Waals surface area contributed by atoms with Crippen molar-refractivity contribution < 1.29 is 14.5 Å². The summed E-state index contributed by atoms with van der Waals surface area (Å²) >= 11 is 0. The Balaban J connectivity index is 1.75. The van der Waals surface area contributed by atoms with Crippen molar-refractivity contribution in [1.82, 2.24) is 5.01 Å². The number of nitro groups is 1. The monoisotopic (exact) mass is 359 g/mol. The molecule has 27 heavy (non-hydrogen) atoms. The van der Waals surface area contributed by atoms with Gasteiger partial charge in [0.15, 0.2) is 0 Å². The average Bonchev–Trinajstić information content (AvgIpc) is 2.66. The molecule has 3 aromatic rings. The molecule has 0 saturated carbocycles. The van der Waals surface area contributed by atoms with Gasteiger partial charge in [-0.2, -0.15) is 10.1 Å². The fourth-order valence-electron chi connectivity index (χ4n) is 3.15. The summed E-state index contributed by atoms with van der Waals surface area (Å²) in [5.74, 6) is -1.05. The lowest BCUT2D eigenvalue weighted by Crippen LogP contribution is -2.36. The minimum absolute atomic E-state index is 0.0506. The van der Waals surface area contributed by atoms with Crippen LogP contribution in [-0.2, 0) is 0 Å². The van der Waals surface area contributed by atoms with Crippen LogP contribution >= 0.6 is 0 Å². The third-order valence-corrected chi connectivity index (χ3v) is 4.50. The Hall–Kier alpha value is -3.87. The van der Waals surface area contributed by atoms with E-state index in [1.54, 1.807) is 43.3 Å². The van der Waals surface area contributed by atoms with E-state index in [-0.39, 0.29) is 5.69 Å². The van der Waals surface area contributed by atoms with E-state index in [0.29, 0.717) is 27.6 Å². The molecule has 0 spiro atoms. The van der Waals surface area contributed by atoms with Crippen molar-refractivity contribution in [2.24, 2.45) is 5.10 Å². The number of hydrogen-bond acceptors (Lipinski definition) is 5. The number of rotatable bonds is 3. The molecule has 0 fully saturated rings. The second-order valence-corrected chi connectivity index (χ2v) is 6.18. The summed E-state index contributed by atoms with van der Waals surface area (Å²) in [7, 11) is 0. The van der Waals surface area contributed by atoms with Crippen LogP contribution in [0.2, 0.25) is 0 Å². The summed E-state index contributed by atoms with van der Waals surface area (Å²) in [5.41, 5.74) is 1.68. The Morgan fingerprint density at radius 1 is 1.00 bits per heavy atom. The molecule has 0 radical (unpaired) electrons. The number of nitro benzene ring substituents is 1. The topological polar surface area (TPSA) is 92.9 Å². The zero-order chi connectivity index (χ0) is 19.1. The largest absolute Gasteiger partial charge is 0.282 e. The standard InChI is InChI=1S/C20H13N3O4/c1-12-8-9-13(10-17(12)23(26)27)11-21-22-19(24)15-6-2-4-14-5-3-7-16(18(14)15)20(22)25/h2-11H,1H3/b21-11-. The fraction of sp³-hybridized carbons (Fsp3) is 0.0500. The number of amides is 2. The van der Waals surface area contributed by atoms with Gasteiger partial charge in [0.05, 0.1) is 22.3 Å². The van der Waals surface area contributed by atoms with Gasteiger partial charge in [0.1, 0.15) is 0 Å². The number of hydrogen-bond donors (Lipinski definition) is 0. The smallest absolute Gasteiger partial charge is 0.267 e. The molecule has 132 valence electrons. The van der Waals surface area contributed by atoms with Gasteiger partial charge in [-0.05, 0) is 24.4 Å². The highest BCUT2D eigenvalue weighted by Gasteiger charge is 2.32. The quantitative estimate of drug-likeness (QED) is 0.308. The highest BCUT2D eigenvalue weighted by atomic mass is 16.6. The van der Waals surface area contributed by atoms with Gasteiger partial charge >= 0.3 is 0 Å². The summed E-state index contributed by atoms with van der Waals surface area (Å²) in [6, 6.07) is 15.1. The van der Waals surface area contributed by atoms with Gasteiger partial charge < -0.3 is 0 Å². The Morgan fingerprint density at radius 2 is 1.63 bits per heavy atom. The number of carbonyl (C=O) groups excluding carboxylic acids is 2. The normalized spacial score (nSPS) is 13.6. The molecular formula is C20H13N3O4. The third-order valence-electron chi connectivity index (χ3n) is 4.50. The first-order chi connectivity index (χ1) is 13.0. The highest BCUT2D eigenvalue weighted by molar-refractivity contribution is 6.25. The molecule has 1 aliphatic heterocycles. The summed E-state index contributed by atoms with van der Waals surface area (Å²) in [6.07, 6.45) is 1.27. The van der Waals surface area contributed by atoms with E-state index in [1.165, 1.54) is 12.3 Å². The SMILES string of the molecule is Cc1ccc(/C=N\N2C(=O)c3cccc4cccc(c34)C2=O)cc1[N+](=O)[O-]. The van der Waals surface area contributed by atoms with Crippen LogP contribution in [0.1, 0.15) is 31.8 Å². The molecule has 0 aliphatic carbocycles. The molecule has 0 atom stereocenters. The van der Waals surface area contributed by atoms with E-state index in [2.05, 4.69) is 5.10 Å². The molecule has 4 rings (SSSR count). The first kappa shape index (κ1) is 16.6. The molecule has 7 nitrogen and oxygen atoms in total. The first-order valence-electron chi connectivity index (χ1n) is 8.17. The predicted octanol–water partition coefficient (Wildman–Crippen LogP) is 3.69. The minimum atomic E-state index is -0.526. The minimum Gasteiger partial charge on any atom is -0.267 e. The molecule has 0 bridgehead atoms. The Labute approximate surface area is 153 Å². The van der Waals surface area contributed by atoms with Crippen molar-refractivity contribution in [2.75, 3.05) is 0 Å². The zero-order valence-corrected chi connectivity index (χ0v) is 14.2. The molecule has 1 heterocycles. The van der Waals surface area contributed by atoms with E-state index in [9.17, 15) is 19.7 Å². The van der Waals surface area contributed by atoms with Crippen LogP contribution < -0.4 is 0 Å². The maximum Gasteiger partial charge on any atom is 0.282 e. The van der Waals surface area contributed by atoms with Crippen molar-refractivity contribution in [3.63, 3.8) is 0 Å². The molecule has 0 N–H and O–H groups in total. The van der Waals surface area contributed by atoms with Gasteiger partial charge in [0.2, 0.25) is 0 Å². The van der Waals surface area contributed by atoms with Crippen LogP contribution in [0.4, 0.5) is 5.69 Å². The maximum absolute atomic E-state index is 12.7. The van der Waals surface area contributed by atoms with E-state index in [0.717, 1.165) is 10.4 Å². The van der Waals surface area contributed by atoms with Crippen LogP contribution in [0.5, 0.6) is 0 Å². The van der Waals surface area contributed by atoms with Crippen molar-refractivity contribution in [1.29, 1.82) is 0 Å². The number of aryl methyl sites for hydroxylation is 1. The lowest BCUT2D eigenvalue weighted by Gasteiger charge is -2.22. The molecule has 3 aromatic carbocycles. The molecule has 7 heteroatoms. The molecule has 0 saturated heterocycles. The van der Waals surface area contributed by atoms with Crippen LogP contribution in [0, 0.1) is 17.0 Å². The van der Waals surface area contributed by atoms with Crippen LogP contribution in [0.15, 0.2) is 59.7 Å². The van der Waals surface area contributed by atoms with Gasteiger partial charge in [0.25, 0.3) is 17.5 Å². The Kier molecular flexibility index (Phi) is 3.77. The lowest BCUT2D eigenvalue weighted by molar-refractivity contribution is -0.385. The number of nitrogens with zero attached hydrogens (tertiary/aromatic N) is 3. The van der Waals surface area contributed by atoms with Crippen LogP contribution in [-0.4, -0.2) is 28.0 Å². The second-order valence-electron chi connectivity index (χ2n) is 6.18. The molecule has 0 unspecified atom stereocenters. The van der Waals surface area contributed by atoms with Crippen molar-refractivity contribution in [3.8, 4) is 0 Å². The summed E-state index contributed by atoms with van der Waals surface area (Å²) in [4.78, 5) is 36.1. The van der Waals surface area contributed by atoms with Crippen LogP contribution in [0.25, 0.3) is 10.8 Å². The maximum atomic E-state index is 12.7. The molecule has 1 aliphatic rings. The predicted molar refractivity (Wildman–Crippen MR) is 99.9 cm³/mol. The molecular weight excluding hydrogens is 346 g/mol. The van der Waals surface area contributed by atoms with Crippen molar-refractivity contribution in [2.45, 2.75) is 6.92 Å². The van der Waals surface area contributed by atoms with E-state index in [1.807, 2.05) is 12.1 Å². The van der Waals surface area contributed by atoms with Gasteiger partial charge in [-0.25, -0.2) is 0 Å². The number of benzene rings is 3. The zero-order valence-electron chi connectivity index (χ0n) is 14.2. The summed E-state index contributed by atoms with van der Waals surface area (Å²) in [5, 5.41) is 17.3. The number of imide groups is 1.